The quantitative estimate of drug-likeness (QED) is 0.0757. The first kappa shape index (κ1) is 36.1. The van der Waals surface area contributed by atoms with Crippen molar-refractivity contribution < 1.29 is 23.9 Å². The number of anilines is 2. The molecule has 1 aromatic heterocycles. The van der Waals surface area contributed by atoms with Crippen molar-refractivity contribution in [2.75, 3.05) is 17.2 Å². The maximum absolute atomic E-state index is 13.6. The molecule has 8 nitrogen and oxygen atoms in total. The van der Waals surface area contributed by atoms with Crippen LogP contribution in [0.2, 0.25) is 0 Å². The van der Waals surface area contributed by atoms with Crippen molar-refractivity contribution >= 4 is 79.5 Å². The molecule has 1 aliphatic rings. The fraction of sp³-hybridized carbons (Fsp3) is 0.263. The number of ether oxygens (including phenoxy) is 1. The summed E-state index contributed by atoms with van der Waals surface area (Å²) in [5.41, 5.74) is 3.21. The molecule has 5 rings (SSSR count). The van der Waals surface area contributed by atoms with Crippen molar-refractivity contribution in [3.05, 3.63) is 116 Å². The van der Waals surface area contributed by atoms with Crippen molar-refractivity contribution in [3.63, 3.8) is 0 Å². The van der Waals surface area contributed by atoms with E-state index in [9.17, 15) is 19.2 Å². The Balaban J connectivity index is 1.31. The van der Waals surface area contributed by atoms with Gasteiger partial charge in [-0.1, -0.05) is 66.2 Å². The largest absolute Gasteiger partial charge is 0.462 e. The minimum Gasteiger partial charge on any atom is -0.462 e. The molecule has 0 spiro atoms. The molecular weight excluding hydrogens is 722 g/mol. The molecule has 1 aliphatic carbocycles. The first-order chi connectivity index (χ1) is 23.6. The summed E-state index contributed by atoms with van der Waals surface area (Å²) < 4.78 is 6.26. The second-order valence-electron chi connectivity index (χ2n) is 11.7. The average Bonchev–Trinajstić information content (AvgIpc) is 3.45. The Morgan fingerprint density at radius 3 is 2.47 bits per heavy atom. The van der Waals surface area contributed by atoms with Crippen molar-refractivity contribution in [3.8, 4) is 0 Å². The number of fused-ring (bicyclic) bond motifs is 1. The Kier molecular flexibility index (Phi) is 12.5. The highest BCUT2D eigenvalue weighted by molar-refractivity contribution is 9.10. The Morgan fingerprint density at radius 2 is 1.76 bits per heavy atom. The van der Waals surface area contributed by atoms with Gasteiger partial charge >= 0.3 is 5.97 Å². The lowest BCUT2D eigenvalue weighted by molar-refractivity contribution is -0.116. The summed E-state index contributed by atoms with van der Waals surface area (Å²) in [6.45, 7) is 6.17. The van der Waals surface area contributed by atoms with Crippen molar-refractivity contribution in [2.45, 2.75) is 56.6 Å². The van der Waals surface area contributed by atoms with E-state index < -0.39 is 23.0 Å². The van der Waals surface area contributed by atoms with Crippen LogP contribution in [0.3, 0.4) is 0 Å². The molecule has 0 saturated carbocycles. The number of amides is 3. The third-order valence-corrected chi connectivity index (χ3v) is 11.0. The predicted molar refractivity (Wildman–Crippen MR) is 201 cm³/mol. The highest BCUT2D eigenvalue weighted by atomic mass is 79.9. The van der Waals surface area contributed by atoms with Crippen LogP contribution in [0.5, 0.6) is 0 Å². The predicted octanol–water partition coefficient (Wildman–Crippen LogP) is 8.73. The van der Waals surface area contributed by atoms with E-state index in [2.05, 4.69) is 38.8 Å². The molecule has 0 fully saturated rings. The van der Waals surface area contributed by atoms with Crippen LogP contribution < -0.4 is 16.0 Å². The first-order valence-corrected chi connectivity index (χ1v) is 18.7. The van der Waals surface area contributed by atoms with E-state index in [0.717, 1.165) is 44.6 Å². The van der Waals surface area contributed by atoms with Gasteiger partial charge in [-0.15, -0.1) is 23.1 Å². The standard InChI is InChI=1S/C38H38BrN3O5S2/c1-4-31(36(45)42-37-33(38(46)47-5-2)29-19-14-23(3)20-32(29)49-37)48-28-13-9-12-27(22-28)40-35(44)30(21-24-15-17-26(39)18-16-24)41-34(43)25-10-7-6-8-11-25/h6-13,15-18,21-23,31H,4-5,14,19-20H2,1-3H3,(H,40,44)(H,41,43)(H,42,45)/b30-21-. The number of carbonyl (C=O) groups is 4. The molecule has 3 N–H and O–H groups in total. The number of thioether (sulfide) groups is 1. The molecule has 3 amide bonds. The zero-order valence-electron chi connectivity index (χ0n) is 27.5. The molecule has 0 saturated heterocycles. The molecule has 0 aliphatic heterocycles. The molecule has 4 aromatic rings. The monoisotopic (exact) mass is 759 g/mol. The van der Waals surface area contributed by atoms with E-state index >= 15 is 0 Å². The molecule has 0 bridgehead atoms. The van der Waals surface area contributed by atoms with Gasteiger partial charge in [-0.2, -0.15) is 0 Å². The van der Waals surface area contributed by atoms with Crippen LogP contribution in [0.1, 0.15) is 70.3 Å². The van der Waals surface area contributed by atoms with Crippen LogP contribution >= 0.6 is 39.0 Å². The van der Waals surface area contributed by atoms with Gasteiger partial charge in [0.1, 0.15) is 10.7 Å². The highest BCUT2D eigenvalue weighted by Crippen LogP contribution is 2.40. The molecule has 2 atom stereocenters. The first-order valence-electron chi connectivity index (χ1n) is 16.2. The van der Waals surface area contributed by atoms with Crippen molar-refractivity contribution in [2.24, 2.45) is 5.92 Å². The minimum atomic E-state index is -0.499. The summed E-state index contributed by atoms with van der Waals surface area (Å²) in [6, 6.07) is 23.3. The van der Waals surface area contributed by atoms with E-state index in [-0.39, 0.29) is 18.2 Å². The Morgan fingerprint density at radius 1 is 1.00 bits per heavy atom. The van der Waals surface area contributed by atoms with Gasteiger partial charge < -0.3 is 20.7 Å². The number of hydrogen-bond acceptors (Lipinski definition) is 7. The summed E-state index contributed by atoms with van der Waals surface area (Å²) in [5, 5.41) is 8.80. The number of benzene rings is 3. The maximum Gasteiger partial charge on any atom is 0.341 e. The molecule has 2 unspecified atom stereocenters. The topological polar surface area (TPSA) is 114 Å². The lowest BCUT2D eigenvalue weighted by atomic mass is 9.88. The van der Waals surface area contributed by atoms with Crippen LogP contribution in [0, 0.1) is 5.92 Å². The van der Waals surface area contributed by atoms with Gasteiger partial charge in [-0.05, 0) is 98.2 Å². The third-order valence-electron chi connectivity index (χ3n) is 7.97. The molecule has 49 heavy (non-hydrogen) atoms. The summed E-state index contributed by atoms with van der Waals surface area (Å²) in [6.07, 6.45) is 4.81. The summed E-state index contributed by atoms with van der Waals surface area (Å²) in [4.78, 5) is 55.1. The number of esters is 1. The number of halogens is 1. The number of nitrogens with one attached hydrogen (secondary N) is 3. The lowest BCUT2D eigenvalue weighted by Gasteiger charge is -2.18. The van der Waals surface area contributed by atoms with Gasteiger partial charge in [0, 0.05) is 25.5 Å². The Labute approximate surface area is 303 Å². The zero-order chi connectivity index (χ0) is 34.9. The van der Waals surface area contributed by atoms with Gasteiger partial charge in [-0.25, -0.2) is 4.79 Å². The van der Waals surface area contributed by atoms with Crippen molar-refractivity contribution in [1.82, 2.24) is 5.32 Å². The van der Waals surface area contributed by atoms with Crippen LogP contribution in [-0.4, -0.2) is 35.5 Å². The van der Waals surface area contributed by atoms with E-state index in [1.807, 2.05) is 43.3 Å². The third kappa shape index (κ3) is 9.49. The van der Waals surface area contributed by atoms with Gasteiger partial charge in [0.05, 0.1) is 17.4 Å². The van der Waals surface area contributed by atoms with Crippen LogP contribution in [-0.2, 0) is 27.2 Å². The maximum atomic E-state index is 13.6. The fourth-order valence-corrected chi connectivity index (χ4v) is 8.13. The number of carbonyl (C=O) groups excluding carboxylic acids is 4. The average molecular weight is 761 g/mol. The van der Waals surface area contributed by atoms with Crippen molar-refractivity contribution in [1.29, 1.82) is 0 Å². The summed E-state index contributed by atoms with van der Waals surface area (Å²) in [5.74, 6) is -0.997. The Hall–Kier alpha value is -4.19. The van der Waals surface area contributed by atoms with Crippen LogP contribution in [0.4, 0.5) is 10.7 Å². The molecule has 254 valence electrons. The smallest absolute Gasteiger partial charge is 0.341 e. The van der Waals surface area contributed by atoms with Gasteiger partial charge in [0.25, 0.3) is 11.8 Å². The highest BCUT2D eigenvalue weighted by Gasteiger charge is 2.30. The normalized spacial score (nSPS) is 14.7. The minimum absolute atomic E-state index is 0.0745. The fourth-order valence-electron chi connectivity index (χ4n) is 5.45. The second-order valence-corrected chi connectivity index (χ2v) is 15.0. The summed E-state index contributed by atoms with van der Waals surface area (Å²) in [7, 11) is 0. The zero-order valence-corrected chi connectivity index (χ0v) is 30.7. The van der Waals surface area contributed by atoms with Gasteiger partial charge in [-0.3, -0.25) is 14.4 Å². The molecule has 11 heteroatoms. The number of thiophene rings is 1. The van der Waals surface area contributed by atoms with E-state index in [1.165, 1.54) is 23.1 Å². The lowest BCUT2D eigenvalue weighted by Crippen LogP contribution is -2.30. The van der Waals surface area contributed by atoms with Crippen LogP contribution in [0.15, 0.2) is 93.9 Å². The summed E-state index contributed by atoms with van der Waals surface area (Å²) >= 11 is 6.27. The van der Waals surface area contributed by atoms with E-state index in [0.29, 0.717) is 34.2 Å². The number of rotatable bonds is 12. The second kappa shape index (κ2) is 17.0. The number of hydrogen-bond donors (Lipinski definition) is 3. The van der Waals surface area contributed by atoms with Gasteiger partial charge in [0.15, 0.2) is 0 Å². The molecule has 1 heterocycles. The molecular formula is C38H38BrN3O5S2. The Bertz CT molecular complexity index is 1860. The van der Waals surface area contributed by atoms with E-state index in [1.54, 1.807) is 55.5 Å². The molecule has 3 aromatic carbocycles. The SMILES string of the molecule is CCOC(=O)c1c(NC(=O)C(CC)Sc2cccc(NC(=O)/C(=C/c3ccc(Br)cc3)NC(=O)c3ccccc3)c2)sc2c1CCC(C)C2. The molecule has 0 radical (unpaired) electrons. The van der Waals surface area contributed by atoms with E-state index in [4.69, 9.17) is 4.74 Å². The van der Waals surface area contributed by atoms with Gasteiger partial charge in [0.2, 0.25) is 5.91 Å². The van der Waals surface area contributed by atoms with Crippen LogP contribution in [0.25, 0.3) is 6.08 Å².